The molecule has 4 aromatic rings. The first kappa shape index (κ1) is 24.4. The molecule has 0 radical (unpaired) electrons. The maximum Gasteiger partial charge on any atom is 0.270 e. The van der Waals surface area contributed by atoms with E-state index in [1.807, 2.05) is 30.3 Å². The number of nitrogens with two attached hydrogens (primary N) is 1. The minimum Gasteiger partial charge on any atom is -0.364 e. The molecule has 0 aliphatic heterocycles. The van der Waals surface area contributed by atoms with Crippen molar-refractivity contribution in [2.45, 2.75) is 23.3 Å². The topological polar surface area (TPSA) is 126 Å². The first-order chi connectivity index (χ1) is 16.5. The van der Waals surface area contributed by atoms with Crippen LogP contribution in [0.15, 0.2) is 64.5 Å². The van der Waals surface area contributed by atoms with Crippen molar-refractivity contribution in [2.75, 3.05) is 7.05 Å². The van der Waals surface area contributed by atoms with Gasteiger partial charge in [-0.3, -0.25) is 14.6 Å². The van der Waals surface area contributed by atoms with Gasteiger partial charge in [0.25, 0.3) is 11.8 Å². The van der Waals surface area contributed by atoms with Gasteiger partial charge in [0.15, 0.2) is 0 Å². The number of carbonyl (C=O) groups is 2. The lowest BCUT2D eigenvalue weighted by Gasteiger charge is -2.17. The van der Waals surface area contributed by atoms with Crippen molar-refractivity contribution in [1.29, 1.82) is 0 Å². The number of amides is 2. The molecule has 0 fully saturated rings. The molecule has 0 spiro atoms. The molecule has 0 atom stereocenters. The van der Waals surface area contributed by atoms with Gasteiger partial charge in [-0.2, -0.15) is 0 Å². The number of sulfone groups is 1. The van der Waals surface area contributed by atoms with Crippen LogP contribution >= 0.6 is 11.6 Å². The molecule has 0 aliphatic carbocycles. The highest BCUT2D eigenvalue weighted by molar-refractivity contribution is 7.91. The minimum atomic E-state index is -4.45. The van der Waals surface area contributed by atoms with Gasteiger partial charge >= 0.3 is 0 Å². The van der Waals surface area contributed by atoms with Crippen LogP contribution in [0.25, 0.3) is 10.9 Å². The number of carbonyl (C=O) groups excluding carboxylic acids is 2. The SMILES string of the molecule is Cc1c(C(=O)N(C)Cc2ccc3ncccc3c2)[nH]c(C(N)=O)c1S(=O)(=O)c1cc(F)cc(Cl)c1. The van der Waals surface area contributed by atoms with Crippen molar-refractivity contribution in [2.24, 2.45) is 5.73 Å². The number of aromatic amines is 1. The summed E-state index contributed by atoms with van der Waals surface area (Å²) in [6, 6.07) is 12.1. The van der Waals surface area contributed by atoms with E-state index in [0.29, 0.717) is 0 Å². The molecule has 0 unspecified atom stereocenters. The van der Waals surface area contributed by atoms with Gasteiger partial charge in [0.2, 0.25) is 9.84 Å². The quantitative estimate of drug-likeness (QED) is 0.404. The van der Waals surface area contributed by atoms with E-state index in [-0.39, 0.29) is 22.8 Å². The van der Waals surface area contributed by atoms with Gasteiger partial charge in [0, 0.05) is 30.2 Å². The number of aromatic nitrogens is 2. The number of nitrogens with zero attached hydrogens (tertiary/aromatic N) is 2. The van der Waals surface area contributed by atoms with E-state index in [2.05, 4.69) is 9.97 Å². The molecule has 35 heavy (non-hydrogen) atoms. The Morgan fingerprint density at radius 1 is 1.14 bits per heavy atom. The highest BCUT2D eigenvalue weighted by atomic mass is 35.5. The second-order valence-electron chi connectivity index (χ2n) is 7.99. The lowest BCUT2D eigenvalue weighted by Crippen LogP contribution is -2.27. The van der Waals surface area contributed by atoms with Crippen LogP contribution in [0.1, 0.15) is 32.1 Å². The van der Waals surface area contributed by atoms with E-state index < -0.39 is 43.0 Å². The van der Waals surface area contributed by atoms with Gasteiger partial charge < -0.3 is 15.6 Å². The van der Waals surface area contributed by atoms with Crippen LogP contribution in [-0.2, 0) is 16.4 Å². The van der Waals surface area contributed by atoms with Crippen LogP contribution in [-0.4, -0.2) is 42.1 Å². The maximum atomic E-state index is 13.9. The monoisotopic (exact) mass is 514 g/mol. The number of pyridine rings is 1. The van der Waals surface area contributed by atoms with Crippen LogP contribution in [0.3, 0.4) is 0 Å². The largest absolute Gasteiger partial charge is 0.364 e. The molecule has 2 heterocycles. The molecule has 2 aromatic carbocycles. The fourth-order valence-electron chi connectivity index (χ4n) is 3.86. The Bertz CT molecular complexity index is 1580. The lowest BCUT2D eigenvalue weighted by molar-refractivity contribution is 0.0779. The van der Waals surface area contributed by atoms with Gasteiger partial charge in [0.1, 0.15) is 22.1 Å². The van der Waals surface area contributed by atoms with Gasteiger partial charge in [-0.1, -0.05) is 23.7 Å². The van der Waals surface area contributed by atoms with E-state index >= 15 is 0 Å². The summed E-state index contributed by atoms with van der Waals surface area (Å²) in [4.78, 5) is 32.6. The minimum absolute atomic E-state index is 0.0151. The summed E-state index contributed by atoms with van der Waals surface area (Å²) in [6.45, 7) is 1.58. The molecule has 2 amide bonds. The zero-order valence-electron chi connectivity index (χ0n) is 18.7. The zero-order chi connectivity index (χ0) is 25.5. The summed E-state index contributed by atoms with van der Waals surface area (Å²) >= 11 is 5.83. The first-order valence-electron chi connectivity index (χ1n) is 10.3. The van der Waals surface area contributed by atoms with Gasteiger partial charge in [-0.15, -0.1) is 0 Å². The van der Waals surface area contributed by atoms with E-state index in [0.717, 1.165) is 34.7 Å². The van der Waals surface area contributed by atoms with E-state index in [1.165, 1.54) is 11.8 Å². The number of fused-ring (bicyclic) bond motifs is 1. The number of hydrogen-bond acceptors (Lipinski definition) is 5. The molecule has 3 N–H and O–H groups in total. The third-order valence-corrected chi connectivity index (χ3v) is 7.62. The van der Waals surface area contributed by atoms with Crippen molar-refractivity contribution in [3.05, 3.63) is 88.1 Å². The number of halogens is 2. The Balaban J connectivity index is 1.72. The highest BCUT2D eigenvalue weighted by Crippen LogP contribution is 2.32. The summed E-state index contributed by atoms with van der Waals surface area (Å²) < 4.78 is 40.5. The summed E-state index contributed by atoms with van der Waals surface area (Å²) in [6.07, 6.45) is 1.69. The van der Waals surface area contributed by atoms with Crippen LogP contribution < -0.4 is 5.73 Å². The number of hydrogen-bond donors (Lipinski definition) is 2. The summed E-state index contributed by atoms with van der Waals surface area (Å²) in [5.74, 6) is -2.51. The fourth-order valence-corrected chi connectivity index (χ4v) is 5.86. The van der Waals surface area contributed by atoms with Gasteiger partial charge in [-0.05, 0) is 54.4 Å². The molecule has 11 heteroatoms. The Morgan fingerprint density at radius 3 is 2.57 bits per heavy atom. The second-order valence-corrected chi connectivity index (χ2v) is 10.3. The number of H-pyrrole nitrogens is 1. The first-order valence-corrected chi connectivity index (χ1v) is 12.2. The number of rotatable bonds is 6. The number of nitrogens with one attached hydrogen (secondary N) is 1. The molecule has 180 valence electrons. The molecule has 0 aliphatic rings. The van der Waals surface area contributed by atoms with Crippen molar-refractivity contribution in [1.82, 2.24) is 14.9 Å². The smallest absolute Gasteiger partial charge is 0.270 e. The maximum absolute atomic E-state index is 13.9. The van der Waals surface area contributed by atoms with Crippen LogP contribution in [0, 0.1) is 12.7 Å². The Hall–Kier alpha value is -3.76. The van der Waals surface area contributed by atoms with E-state index in [4.69, 9.17) is 17.3 Å². The predicted molar refractivity (Wildman–Crippen MR) is 128 cm³/mol. The molecule has 0 saturated heterocycles. The Morgan fingerprint density at radius 2 is 1.89 bits per heavy atom. The Labute approximate surface area is 205 Å². The lowest BCUT2D eigenvalue weighted by atomic mass is 10.1. The third-order valence-electron chi connectivity index (χ3n) is 5.50. The summed E-state index contributed by atoms with van der Waals surface area (Å²) in [5, 5.41) is 0.763. The van der Waals surface area contributed by atoms with E-state index in [1.54, 1.807) is 13.2 Å². The average molecular weight is 515 g/mol. The average Bonchev–Trinajstić information content (AvgIpc) is 3.16. The Kier molecular flexibility index (Phi) is 6.35. The van der Waals surface area contributed by atoms with Crippen molar-refractivity contribution in [3.63, 3.8) is 0 Å². The fraction of sp³-hybridized carbons (Fsp3) is 0.125. The summed E-state index contributed by atoms with van der Waals surface area (Å²) in [5.41, 5.74) is 6.44. The highest BCUT2D eigenvalue weighted by Gasteiger charge is 2.33. The molecule has 8 nitrogen and oxygen atoms in total. The van der Waals surface area contributed by atoms with Crippen LogP contribution in [0.5, 0.6) is 0 Å². The summed E-state index contributed by atoms with van der Waals surface area (Å²) in [7, 11) is -2.90. The van der Waals surface area contributed by atoms with Crippen molar-refractivity contribution >= 4 is 44.2 Å². The predicted octanol–water partition coefficient (Wildman–Crippen LogP) is 3.87. The molecular weight excluding hydrogens is 495 g/mol. The van der Waals surface area contributed by atoms with Gasteiger partial charge in [-0.25, -0.2) is 12.8 Å². The van der Waals surface area contributed by atoms with Crippen LogP contribution in [0.2, 0.25) is 5.02 Å². The number of benzene rings is 2. The van der Waals surface area contributed by atoms with Gasteiger partial charge in [0.05, 0.1) is 10.4 Å². The number of primary amides is 1. The molecule has 4 rings (SSSR count). The van der Waals surface area contributed by atoms with Crippen molar-refractivity contribution in [3.8, 4) is 0 Å². The zero-order valence-corrected chi connectivity index (χ0v) is 20.2. The molecule has 2 aromatic heterocycles. The second kappa shape index (κ2) is 9.12. The van der Waals surface area contributed by atoms with Crippen molar-refractivity contribution < 1.29 is 22.4 Å². The molecular formula is C24H20ClFN4O4S. The molecule has 0 bridgehead atoms. The van der Waals surface area contributed by atoms with Crippen LogP contribution in [0.4, 0.5) is 4.39 Å². The third kappa shape index (κ3) is 4.62. The van der Waals surface area contributed by atoms with E-state index in [9.17, 15) is 22.4 Å². The standard InChI is InChI=1S/C24H20ClFN4O4S/c1-13-20(24(32)30(2)12-14-5-6-19-15(8-14)4-3-7-28-19)29-21(23(27)31)22(13)35(33,34)18-10-16(25)9-17(26)11-18/h3-11,29H,12H2,1-2H3,(H2,27,31). The molecule has 0 saturated carbocycles. The normalized spacial score (nSPS) is 11.5.